The number of aryl methyl sites for hydroxylation is 1. The van der Waals surface area contributed by atoms with Gasteiger partial charge in [-0.3, -0.25) is 0 Å². The first-order valence-electron chi connectivity index (χ1n) is 10.2. The standard InChI is InChI=1S/C24H34N2O3/c1-24(2,3)29-23(28)26-20(15-14-18-10-6-4-7-11-18)17-22(27)21(25)16-19-12-8-5-9-13-19/h4-13,20-22,27H,14-17,25H2,1-3H3,(H,26,28)/t20-,21-,22-/m0/s1. The fourth-order valence-corrected chi connectivity index (χ4v) is 3.20. The molecule has 0 aliphatic carbocycles. The van der Waals surface area contributed by atoms with Crippen LogP contribution in [-0.4, -0.2) is 35.0 Å². The lowest BCUT2D eigenvalue weighted by atomic mass is 9.94. The molecule has 2 rings (SSSR count). The highest BCUT2D eigenvalue weighted by Gasteiger charge is 2.24. The summed E-state index contributed by atoms with van der Waals surface area (Å²) in [4.78, 5) is 12.3. The van der Waals surface area contributed by atoms with Crippen molar-refractivity contribution in [2.24, 2.45) is 5.73 Å². The molecule has 0 unspecified atom stereocenters. The third kappa shape index (κ3) is 9.11. The van der Waals surface area contributed by atoms with E-state index < -0.39 is 23.8 Å². The molecule has 29 heavy (non-hydrogen) atoms. The second kappa shape index (κ2) is 11.0. The summed E-state index contributed by atoms with van der Waals surface area (Å²) in [6.07, 6.45) is 1.24. The van der Waals surface area contributed by atoms with Crippen LogP contribution in [0.1, 0.15) is 44.7 Å². The number of rotatable bonds is 9. The summed E-state index contributed by atoms with van der Waals surface area (Å²) < 4.78 is 5.40. The smallest absolute Gasteiger partial charge is 0.407 e. The Kier molecular flexibility index (Phi) is 8.68. The fourth-order valence-electron chi connectivity index (χ4n) is 3.20. The van der Waals surface area contributed by atoms with Crippen LogP contribution in [0.15, 0.2) is 60.7 Å². The number of nitrogens with one attached hydrogen (secondary N) is 1. The number of aliphatic hydroxyl groups excluding tert-OH is 1. The van der Waals surface area contributed by atoms with Gasteiger partial charge in [0.15, 0.2) is 0 Å². The lowest BCUT2D eigenvalue weighted by molar-refractivity contribution is 0.0471. The zero-order valence-electron chi connectivity index (χ0n) is 17.7. The summed E-state index contributed by atoms with van der Waals surface area (Å²) in [5.74, 6) is 0. The highest BCUT2D eigenvalue weighted by Crippen LogP contribution is 2.14. The minimum atomic E-state index is -0.731. The lowest BCUT2D eigenvalue weighted by Crippen LogP contribution is -2.45. The van der Waals surface area contributed by atoms with Crippen molar-refractivity contribution >= 4 is 6.09 Å². The van der Waals surface area contributed by atoms with Gasteiger partial charge in [0.2, 0.25) is 0 Å². The molecule has 0 aliphatic rings. The number of ether oxygens (including phenoxy) is 1. The van der Waals surface area contributed by atoms with Gasteiger partial charge in [-0.05, 0) is 57.6 Å². The van der Waals surface area contributed by atoms with Crippen LogP contribution in [0.4, 0.5) is 4.79 Å². The molecule has 0 heterocycles. The molecule has 1 amide bonds. The van der Waals surface area contributed by atoms with Crippen molar-refractivity contribution in [3.63, 3.8) is 0 Å². The number of hydrogen-bond donors (Lipinski definition) is 3. The molecule has 0 spiro atoms. The molecule has 5 nitrogen and oxygen atoms in total. The van der Waals surface area contributed by atoms with Gasteiger partial charge in [-0.2, -0.15) is 0 Å². The molecule has 0 saturated heterocycles. The van der Waals surface area contributed by atoms with E-state index in [-0.39, 0.29) is 6.04 Å². The van der Waals surface area contributed by atoms with Gasteiger partial charge in [-0.25, -0.2) is 4.79 Å². The van der Waals surface area contributed by atoms with Crippen molar-refractivity contribution in [3.8, 4) is 0 Å². The van der Waals surface area contributed by atoms with Crippen molar-refractivity contribution in [2.45, 2.75) is 70.2 Å². The molecule has 0 fully saturated rings. The van der Waals surface area contributed by atoms with Gasteiger partial charge in [-0.1, -0.05) is 60.7 Å². The van der Waals surface area contributed by atoms with E-state index in [0.717, 1.165) is 12.0 Å². The topological polar surface area (TPSA) is 84.6 Å². The zero-order chi connectivity index (χ0) is 21.3. The number of nitrogens with two attached hydrogens (primary N) is 1. The molecule has 0 radical (unpaired) electrons. The molecular weight excluding hydrogens is 364 g/mol. The number of benzene rings is 2. The zero-order valence-corrected chi connectivity index (χ0v) is 17.7. The average molecular weight is 399 g/mol. The third-order valence-electron chi connectivity index (χ3n) is 4.68. The van der Waals surface area contributed by atoms with Crippen molar-refractivity contribution in [3.05, 3.63) is 71.8 Å². The molecule has 0 saturated carbocycles. The van der Waals surface area contributed by atoms with Crippen molar-refractivity contribution < 1.29 is 14.6 Å². The van der Waals surface area contributed by atoms with Crippen molar-refractivity contribution in [2.75, 3.05) is 0 Å². The summed E-state index contributed by atoms with van der Waals surface area (Å²) in [5, 5.41) is 13.6. The van der Waals surface area contributed by atoms with Gasteiger partial charge in [0.25, 0.3) is 0 Å². The highest BCUT2D eigenvalue weighted by atomic mass is 16.6. The molecule has 2 aromatic carbocycles. The maximum Gasteiger partial charge on any atom is 0.407 e. The third-order valence-corrected chi connectivity index (χ3v) is 4.68. The molecule has 5 heteroatoms. The van der Waals surface area contributed by atoms with E-state index in [1.807, 2.05) is 69.3 Å². The van der Waals surface area contributed by atoms with Crippen LogP contribution in [0.25, 0.3) is 0 Å². The highest BCUT2D eigenvalue weighted by molar-refractivity contribution is 5.68. The Morgan fingerprint density at radius 1 is 1.03 bits per heavy atom. The Balaban J connectivity index is 1.97. The second-order valence-corrected chi connectivity index (χ2v) is 8.52. The fraction of sp³-hybridized carbons (Fsp3) is 0.458. The van der Waals surface area contributed by atoms with E-state index in [9.17, 15) is 9.90 Å². The molecule has 0 aromatic heterocycles. The van der Waals surface area contributed by atoms with E-state index in [1.54, 1.807) is 0 Å². The van der Waals surface area contributed by atoms with Crippen LogP contribution in [0, 0.1) is 0 Å². The summed E-state index contributed by atoms with van der Waals surface area (Å²) >= 11 is 0. The second-order valence-electron chi connectivity index (χ2n) is 8.52. The minimum absolute atomic E-state index is 0.234. The number of alkyl carbamates (subject to hydrolysis) is 1. The summed E-state index contributed by atoms with van der Waals surface area (Å²) in [7, 11) is 0. The predicted octanol–water partition coefficient (Wildman–Crippen LogP) is 3.83. The normalized spacial score (nSPS) is 14.7. The quantitative estimate of drug-likeness (QED) is 0.599. The van der Waals surface area contributed by atoms with Gasteiger partial charge in [0, 0.05) is 12.1 Å². The Bertz CT molecular complexity index is 729. The average Bonchev–Trinajstić information content (AvgIpc) is 2.66. The summed E-state index contributed by atoms with van der Waals surface area (Å²) in [6.45, 7) is 5.49. The first-order chi connectivity index (χ1) is 13.7. The number of amides is 1. The van der Waals surface area contributed by atoms with Crippen LogP contribution in [0.3, 0.4) is 0 Å². The Labute approximate surface area is 174 Å². The molecule has 158 valence electrons. The van der Waals surface area contributed by atoms with Crippen LogP contribution < -0.4 is 11.1 Å². The van der Waals surface area contributed by atoms with Crippen LogP contribution >= 0.6 is 0 Å². The maximum atomic E-state index is 12.3. The molecule has 3 atom stereocenters. The van der Waals surface area contributed by atoms with E-state index >= 15 is 0 Å². The van der Waals surface area contributed by atoms with Crippen LogP contribution in [-0.2, 0) is 17.6 Å². The number of aliphatic hydroxyl groups is 1. The molecule has 0 aliphatic heterocycles. The monoisotopic (exact) mass is 398 g/mol. The van der Waals surface area contributed by atoms with E-state index in [4.69, 9.17) is 10.5 Å². The van der Waals surface area contributed by atoms with Gasteiger partial charge >= 0.3 is 6.09 Å². The van der Waals surface area contributed by atoms with E-state index in [2.05, 4.69) is 17.4 Å². The molecular formula is C24H34N2O3. The Hall–Kier alpha value is -2.37. The largest absolute Gasteiger partial charge is 0.444 e. The summed E-state index contributed by atoms with van der Waals surface area (Å²) in [6, 6.07) is 19.3. The first-order valence-corrected chi connectivity index (χ1v) is 10.2. The van der Waals surface area contributed by atoms with Crippen molar-refractivity contribution in [1.29, 1.82) is 0 Å². The van der Waals surface area contributed by atoms with Crippen molar-refractivity contribution in [1.82, 2.24) is 5.32 Å². The van der Waals surface area contributed by atoms with Crippen LogP contribution in [0.5, 0.6) is 0 Å². The van der Waals surface area contributed by atoms with Crippen LogP contribution in [0.2, 0.25) is 0 Å². The predicted molar refractivity (Wildman–Crippen MR) is 117 cm³/mol. The Morgan fingerprint density at radius 3 is 2.14 bits per heavy atom. The lowest BCUT2D eigenvalue weighted by Gasteiger charge is -2.27. The molecule has 4 N–H and O–H groups in total. The number of carbonyl (C=O) groups excluding carboxylic acids is 1. The van der Waals surface area contributed by atoms with Gasteiger partial charge in [-0.15, -0.1) is 0 Å². The number of carbonyl (C=O) groups is 1. The Morgan fingerprint density at radius 2 is 1.59 bits per heavy atom. The SMILES string of the molecule is CC(C)(C)OC(=O)N[C@@H](CCc1ccccc1)C[C@H](O)[C@@H](N)Cc1ccccc1. The molecule has 2 aromatic rings. The number of hydrogen-bond acceptors (Lipinski definition) is 4. The van der Waals surface area contributed by atoms with Gasteiger partial charge < -0.3 is 20.9 Å². The van der Waals surface area contributed by atoms with Gasteiger partial charge in [0.05, 0.1) is 6.10 Å². The van der Waals surface area contributed by atoms with Gasteiger partial charge in [0.1, 0.15) is 5.60 Å². The minimum Gasteiger partial charge on any atom is -0.444 e. The van der Waals surface area contributed by atoms with E-state index in [0.29, 0.717) is 19.3 Å². The maximum absolute atomic E-state index is 12.3. The van der Waals surface area contributed by atoms with E-state index in [1.165, 1.54) is 5.56 Å². The molecule has 0 bridgehead atoms. The first kappa shape index (κ1) is 22.9. The summed E-state index contributed by atoms with van der Waals surface area (Å²) in [5.41, 5.74) is 7.94.